The first kappa shape index (κ1) is 15.0. The van der Waals surface area contributed by atoms with Gasteiger partial charge in [-0.15, -0.1) is 0 Å². The number of halogens is 1. The summed E-state index contributed by atoms with van der Waals surface area (Å²) in [5, 5.41) is 3.23. The molecule has 0 fully saturated rings. The van der Waals surface area contributed by atoms with E-state index in [1.54, 1.807) is 13.0 Å². The van der Waals surface area contributed by atoms with Gasteiger partial charge in [0, 0.05) is 22.9 Å². The highest BCUT2D eigenvalue weighted by Crippen LogP contribution is 2.25. The molecule has 0 radical (unpaired) electrons. The maximum atomic E-state index is 13.9. The molecule has 0 spiro atoms. The third-order valence-electron chi connectivity index (χ3n) is 3.58. The molecule has 2 aromatic rings. The van der Waals surface area contributed by atoms with Crippen molar-refractivity contribution < 1.29 is 9.18 Å². The van der Waals surface area contributed by atoms with Crippen LogP contribution in [0, 0.1) is 19.7 Å². The van der Waals surface area contributed by atoms with Crippen LogP contribution in [0.25, 0.3) is 0 Å². The van der Waals surface area contributed by atoms with Gasteiger partial charge in [0.1, 0.15) is 5.82 Å². The minimum absolute atomic E-state index is 0.00757. The van der Waals surface area contributed by atoms with Crippen molar-refractivity contribution in [1.29, 1.82) is 0 Å². The Labute approximate surface area is 124 Å². The minimum atomic E-state index is -0.639. The smallest absolute Gasteiger partial charge is 0.248 e. The summed E-state index contributed by atoms with van der Waals surface area (Å²) in [5.74, 6) is -1.08. The lowest BCUT2D eigenvalue weighted by Gasteiger charge is -2.18. The molecule has 0 heterocycles. The van der Waals surface area contributed by atoms with Crippen molar-refractivity contribution in [3.05, 3.63) is 64.5 Å². The van der Waals surface area contributed by atoms with Crippen LogP contribution in [0.1, 0.15) is 40.0 Å². The van der Waals surface area contributed by atoms with E-state index in [1.165, 1.54) is 11.6 Å². The van der Waals surface area contributed by atoms with Crippen molar-refractivity contribution in [2.75, 3.05) is 5.32 Å². The number of primary amides is 1. The Bertz CT molecular complexity index is 665. The fraction of sp³-hybridized carbons (Fsp3) is 0.235. The van der Waals surface area contributed by atoms with Crippen molar-refractivity contribution in [2.24, 2.45) is 5.73 Å². The second-order valence-corrected chi connectivity index (χ2v) is 5.27. The van der Waals surface area contributed by atoms with Crippen molar-refractivity contribution in [1.82, 2.24) is 0 Å². The SMILES string of the molecule is Cc1ccc(C(C)Nc2cc(C(N)=O)cc(F)c2C)cc1. The van der Waals surface area contributed by atoms with E-state index in [1.807, 2.05) is 38.1 Å². The number of carbonyl (C=O) groups is 1. The molecule has 0 saturated carbocycles. The number of benzene rings is 2. The van der Waals surface area contributed by atoms with Crippen LogP contribution in [-0.2, 0) is 0 Å². The number of nitrogens with one attached hydrogen (secondary N) is 1. The topological polar surface area (TPSA) is 55.1 Å². The summed E-state index contributed by atoms with van der Waals surface area (Å²) in [5.41, 5.74) is 8.71. The molecule has 3 nitrogen and oxygen atoms in total. The normalized spacial score (nSPS) is 12.0. The number of hydrogen-bond acceptors (Lipinski definition) is 2. The van der Waals surface area contributed by atoms with E-state index < -0.39 is 11.7 Å². The number of carbonyl (C=O) groups excluding carboxylic acids is 1. The van der Waals surface area contributed by atoms with Crippen LogP contribution >= 0.6 is 0 Å². The van der Waals surface area contributed by atoms with Gasteiger partial charge in [0.2, 0.25) is 5.91 Å². The lowest BCUT2D eigenvalue weighted by atomic mass is 10.0. The number of aryl methyl sites for hydroxylation is 1. The Kier molecular flexibility index (Phi) is 4.26. The summed E-state index contributed by atoms with van der Waals surface area (Å²) in [6, 6.07) is 10.9. The van der Waals surface area contributed by atoms with Crippen LogP contribution in [0.5, 0.6) is 0 Å². The standard InChI is InChI=1S/C17H19FN2O/c1-10-4-6-13(7-5-10)12(3)20-16-9-14(17(19)21)8-15(18)11(16)2/h4-9,12,20H,1-3H3,(H2,19,21). The summed E-state index contributed by atoms with van der Waals surface area (Å²) in [6.45, 7) is 5.68. The summed E-state index contributed by atoms with van der Waals surface area (Å²) in [7, 11) is 0. The van der Waals surface area contributed by atoms with E-state index in [4.69, 9.17) is 5.73 Å². The number of anilines is 1. The second kappa shape index (κ2) is 5.95. The van der Waals surface area contributed by atoms with Crippen molar-refractivity contribution in [3.63, 3.8) is 0 Å². The highest BCUT2D eigenvalue weighted by molar-refractivity contribution is 5.94. The lowest BCUT2D eigenvalue weighted by Crippen LogP contribution is -2.14. The second-order valence-electron chi connectivity index (χ2n) is 5.27. The number of amides is 1. The van der Waals surface area contributed by atoms with Gasteiger partial charge in [-0.3, -0.25) is 4.79 Å². The molecule has 1 amide bonds. The lowest BCUT2D eigenvalue weighted by molar-refractivity contribution is 0.1000. The molecule has 0 aromatic heterocycles. The van der Waals surface area contributed by atoms with E-state index in [9.17, 15) is 9.18 Å². The Morgan fingerprint density at radius 1 is 1.19 bits per heavy atom. The van der Waals surface area contributed by atoms with E-state index in [0.717, 1.165) is 5.56 Å². The minimum Gasteiger partial charge on any atom is -0.378 e. The van der Waals surface area contributed by atoms with E-state index >= 15 is 0 Å². The molecule has 0 saturated heterocycles. The van der Waals surface area contributed by atoms with Gasteiger partial charge in [-0.2, -0.15) is 0 Å². The molecular weight excluding hydrogens is 267 g/mol. The van der Waals surface area contributed by atoms with Gasteiger partial charge < -0.3 is 11.1 Å². The van der Waals surface area contributed by atoms with Gasteiger partial charge in [-0.25, -0.2) is 4.39 Å². The Morgan fingerprint density at radius 3 is 2.38 bits per heavy atom. The number of rotatable bonds is 4. The first-order valence-electron chi connectivity index (χ1n) is 6.81. The Morgan fingerprint density at radius 2 is 1.81 bits per heavy atom. The van der Waals surface area contributed by atoms with Crippen LogP contribution in [0.15, 0.2) is 36.4 Å². The van der Waals surface area contributed by atoms with Gasteiger partial charge in [0.15, 0.2) is 0 Å². The average molecular weight is 286 g/mol. The molecule has 4 heteroatoms. The quantitative estimate of drug-likeness (QED) is 0.900. The monoisotopic (exact) mass is 286 g/mol. The summed E-state index contributed by atoms with van der Waals surface area (Å²) in [6.07, 6.45) is 0. The highest BCUT2D eigenvalue weighted by atomic mass is 19.1. The zero-order chi connectivity index (χ0) is 15.6. The van der Waals surface area contributed by atoms with Crippen LogP contribution in [0.4, 0.5) is 10.1 Å². The predicted molar refractivity (Wildman–Crippen MR) is 82.9 cm³/mol. The van der Waals surface area contributed by atoms with E-state index in [0.29, 0.717) is 11.3 Å². The molecule has 1 atom stereocenters. The molecule has 0 aliphatic rings. The third kappa shape index (κ3) is 3.40. The van der Waals surface area contributed by atoms with Crippen LogP contribution in [-0.4, -0.2) is 5.91 Å². The fourth-order valence-corrected chi connectivity index (χ4v) is 2.14. The number of hydrogen-bond donors (Lipinski definition) is 2. The van der Waals surface area contributed by atoms with Crippen molar-refractivity contribution in [2.45, 2.75) is 26.8 Å². The molecule has 110 valence electrons. The summed E-state index contributed by atoms with van der Waals surface area (Å²) < 4.78 is 13.9. The zero-order valence-corrected chi connectivity index (χ0v) is 12.4. The molecule has 0 aliphatic carbocycles. The van der Waals surface area contributed by atoms with Gasteiger partial charge >= 0.3 is 0 Å². The fourth-order valence-electron chi connectivity index (χ4n) is 2.14. The van der Waals surface area contributed by atoms with Gasteiger partial charge in [0.05, 0.1) is 0 Å². The zero-order valence-electron chi connectivity index (χ0n) is 12.4. The van der Waals surface area contributed by atoms with Crippen LogP contribution in [0.3, 0.4) is 0 Å². The molecule has 2 aromatic carbocycles. The van der Waals surface area contributed by atoms with Gasteiger partial charge in [0.25, 0.3) is 0 Å². The van der Waals surface area contributed by atoms with Crippen molar-refractivity contribution >= 4 is 11.6 Å². The number of nitrogens with two attached hydrogens (primary N) is 1. The van der Waals surface area contributed by atoms with Crippen LogP contribution < -0.4 is 11.1 Å². The van der Waals surface area contributed by atoms with E-state index in [-0.39, 0.29) is 11.6 Å². The van der Waals surface area contributed by atoms with Crippen molar-refractivity contribution in [3.8, 4) is 0 Å². The first-order chi connectivity index (χ1) is 9.88. The van der Waals surface area contributed by atoms with Crippen LogP contribution in [0.2, 0.25) is 0 Å². The maximum Gasteiger partial charge on any atom is 0.248 e. The first-order valence-corrected chi connectivity index (χ1v) is 6.81. The molecule has 0 aliphatic heterocycles. The average Bonchev–Trinajstić information content (AvgIpc) is 2.44. The predicted octanol–water partition coefficient (Wildman–Crippen LogP) is 3.71. The van der Waals surface area contributed by atoms with Gasteiger partial charge in [-0.1, -0.05) is 29.8 Å². The summed E-state index contributed by atoms with van der Waals surface area (Å²) in [4.78, 5) is 11.2. The molecule has 0 bridgehead atoms. The molecule has 3 N–H and O–H groups in total. The maximum absolute atomic E-state index is 13.9. The molecule has 21 heavy (non-hydrogen) atoms. The van der Waals surface area contributed by atoms with Gasteiger partial charge in [-0.05, 0) is 38.5 Å². The summed E-state index contributed by atoms with van der Waals surface area (Å²) >= 11 is 0. The van der Waals surface area contributed by atoms with E-state index in [2.05, 4.69) is 5.32 Å². The largest absolute Gasteiger partial charge is 0.378 e. The highest BCUT2D eigenvalue weighted by Gasteiger charge is 2.13. The molecular formula is C17H19FN2O. The Balaban J connectivity index is 2.30. The Hall–Kier alpha value is -2.36. The molecule has 1 unspecified atom stereocenters. The molecule has 2 rings (SSSR count). The third-order valence-corrected chi connectivity index (χ3v) is 3.58.